The molecule has 0 aromatic carbocycles. The highest BCUT2D eigenvalue weighted by atomic mass is 32.1. The SMILES string of the molecule is CNC(Cc1cccs1)C12CC3CC(CC(C3)C1)C2. The molecule has 5 rings (SSSR count). The van der Waals surface area contributed by atoms with Gasteiger partial charge in [0.05, 0.1) is 0 Å². The van der Waals surface area contributed by atoms with Crippen LogP contribution < -0.4 is 5.32 Å². The zero-order valence-electron chi connectivity index (χ0n) is 11.9. The largest absolute Gasteiger partial charge is 0.316 e. The van der Waals surface area contributed by atoms with Gasteiger partial charge >= 0.3 is 0 Å². The van der Waals surface area contributed by atoms with Gasteiger partial charge in [-0.05, 0) is 86.6 Å². The molecule has 0 spiro atoms. The van der Waals surface area contributed by atoms with E-state index in [1.165, 1.54) is 25.7 Å². The molecule has 4 fully saturated rings. The average molecular weight is 275 g/mol. The molecule has 4 bridgehead atoms. The molecular formula is C17H25NS. The van der Waals surface area contributed by atoms with Crippen molar-refractivity contribution in [2.24, 2.45) is 23.2 Å². The number of nitrogens with one attached hydrogen (secondary N) is 1. The van der Waals surface area contributed by atoms with Crippen LogP contribution in [-0.4, -0.2) is 13.1 Å². The van der Waals surface area contributed by atoms with E-state index in [2.05, 4.69) is 29.9 Å². The first-order valence-electron chi connectivity index (χ1n) is 7.97. The van der Waals surface area contributed by atoms with Gasteiger partial charge in [-0.3, -0.25) is 0 Å². The van der Waals surface area contributed by atoms with Crippen molar-refractivity contribution in [2.75, 3.05) is 7.05 Å². The molecule has 0 aliphatic heterocycles. The molecule has 1 atom stereocenters. The molecule has 104 valence electrons. The predicted octanol–water partition coefficient (Wildman–Crippen LogP) is 4.10. The van der Waals surface area contributed by atoms with Gasteiger partial charge in [0.2, 0.25) is 0 Å². The van der Waals surface area contributed by atoms with Gasteiger partial charge < -0.3 is 5.32 Å². The maximum atomic E-state index is 3.70. The van der Waals surface area contributed by atoms with Gasteiger partial charge in [0.1, 0.15) is 0 Å². The van der Waals surface area contributed by atoms with Crippen LogP contribution in [0.4, 0.5) is 0 Å². The summed E-state index contributed by atoms with van der Waals surface area (Å²) in [5.41, 5.74) is 0.632. The van der Waals surface area contributed by atoms with Gasteiger partial charge in [-0.1, -0.05) is 6.07 Å². The monoisotopic (exact) mass is 275 g/mol. The first-order chi connectivity index (χ1) is 9.27. The molecule has 4 aliphatic carbocycles. The summed E-state index contributed by atoms with van der Waals surface area (Å²) in [6, 6.07) is 5.22. The zero-order chi connectivity index (χ0) is 12.9. The third-order valence-electron chi connectivity index (χ3n) is 6.16. The van der Waals surface area contributed by atoms with Crippen molar-refractivity contribution in [1.29, 1.82) is 0 Å². The van der Waals surface area contributed by atoms with Crippen molar-refractivity contribution >= 4 is 11.3 Å². The van der Waals surface area contributed by atoms with Crippen LogP contribution in [-0.2, 0) is 6.42 Å². The van der Waals surface area contributed by atoms with Crippen molar-refractivity contribution in [1.82, 2.24) is 5.32 Å². The maximum Gasteiger partial charge on any atom is 0.0169 e. The number of thiophene rings is 1. The Bertz CT molecular complexity index is 401. The molecule has 0 radical (unpaired) electrons. The molecule has 1 unspecified atom stereocenters. The molecule has 1 heterocycles. The van der Waals surface area contributed by atoms with Crippen LogP contribution in [0.1, 0.15) is 43.4 Å². The molecule has 1 aromatic rings. The van der Waals surface area contributed by atoms with Gasteiger partial charge in [0.15, 0.2) is 0 Å². The Morgan fingerprint density at radius 1 is 1.21 bits per heavy atom. The maximum absolute atomic E-state index is 3.70. The van der Waals surface area contributed by atoms with Crippen molar-refractivity contribution in [3.63, 3.8) is 0 Å². The average Bonchev–Trinajstić information content (AvgIpc) is 2.87. The van der Waals surface area contributed by atoms with Crippen LogP contribution >= 0.6 is 11.3 Å². The van der Waals surface area contributed by atoms with E-state index in [-0.39, 0.29) is 0 Å². The molecule has 4 saturated carbocycles. The van der Waals surface area contributed by atoms with Crippen molar-refractivity contribution < 1.29 is 0 Å². The van der Waals surface area contributed by atoms with Gasteiger partial charge in [-0.25, -0.2) is 0 Å². The summed E-state index contributed by atoms with van der Waals surface area (Å²) in [7, 11) is 2.19. The molecule has 1 aromatic heterocycles. The Balaban J connectivity index is 1.58. The van der Waals surface area contributed by atoms with Crippen LogP contribution in [0.2, 0.25) is 0 Å². The Labute approximate surface area is 120 Å². The van der Waals surface area contributed by atoms with Gasteiger partial charge in [-0.15, -0.1) is 11.3 Å². The predicted molar refractivity (Wildman–Crippen MR) is 81.5 cm³/mol. The smallest absolute Gasteiger partial charge is 0.0169 e. The lowest BCUT2D eigenvalue weighted by atomic mass is 9.47. The van der Waals surface area contributed by atoms with E-state index in [1.54, 1.807) is 24.1 Å². The number of rotatable bonds is 4. The summed E-state index contributed by atoms with van der Waals surface area (Å²) in [4.78, 5) is 1.56. The van der Waals surface area contributed by atoms with E-state index in [0.29, 0.717) is 11.5 Å². The summed E-state index contributed by atoms with van der Waals surface area (Å²) < 4.78 is 0. The Morgan fingerprint density at radius 3 is 2.32 bits per heavy atom. The summed E-state index contributed by atoms with van der Waals surface area (Å²) in [5.74, 6) is 3.18. The van der Waals surface area contributed by atoms with E-state index >= 15 is 0 Å². The van der Waals surface area contributed by atoms with Crippen LogP contribution in [0.5, 0.6) is 0 Å². The Hall–Kier alpha value is -0.340. The fourth-order valence-corrected chi connectivity index (χ4v) is 6.61. The number of likely N-dealkylation sites (N-methyl/N-ethyl adjacent to an activating group) is 1. The summed E-state index contributed by atoms with van der Waals surface area (Å²) in [6.45, 7) is 0. The standard InChI is InChI=1S/C17H25NS/c1-18-16(8-15-3-2-4-19-15)17-9-12-5-13(10-17)7-14(6-12)11-17/h2-4,12-14,16,18H,5-11H2,1H3. The fourth-order valence-electron chi connectivity index (χ4n) is 5.86. The minimum atomic E-state index is 0.632. The second-order valence-electron chi connectivity index (χ2n) is 7.40. The van der Waals surface area contributed by atoms with Crippen LogP contribution in [0.3, 0.4) is 0 Å². The fraction of sp³-hybridized carbons (Fsp3) is 0.765. The summed E-state index contributed by atoms with van der Waals surface area (Å²) in [6.07, 6.45) is 10.4. The Kier molecular flexibility index (Phi) is 3.00. The molecule has 2 heteroatoms. The summed E-state index contributed by atoms with van der Waals surface area (Å²) >= 11 is 1.93. The lowest BCUT2D eigenvalue weighted by Crippen LogP contribution is -2.55. The number of hydrogen-bond acceptors (Lipinski definition) is 2. The summed E-state index contributed by atoms with van der Waals surface area (Å²) in [5, 5.41) is 5.93. The van der Waals surface area contributed by atoms with E-state index in [0.717, 1.165) is 17.8 Å². The van der Waals surface area contributed by atoms with E-state index in [1.807, 2.05) is 11.3 Å². The Morgan fingerprint density at radius 2 is 1.84 bits per heavy atom. The van der Waals surface area contributed by atoms with E-state index in [9.17, 15) is 0 Å². The lowest BCUT2D eigenvalue weighted by Gasteiger charge is -2.59. The topological polar surface area (TPSA) is 12.0 Å². The molecule has 1 nitrogen and oxygen atoms in total. The highest BCUT2D eigenvalue weighted by Gasteiger charge is 2.53. The first-order valence-corrected chi connectivity index (χ1v) is 8.85. The van der Waals surface area contributed by atoms with Crippen molar-refractivity contribution in [2.45, 2.75) is 51.0 Å². The van der Waals surface area contributed by atoms with Gasteiger partial charge in [0, 0.05) is 10.9 Å². The second kappa shape index (κ2) is 4.60. The minimum absolute atomic E-state index is 0.632. The minimum Gasteiger partial charge on any atom is -0.316 e. The normalized spacial score (nSPS) is 41.6. The van der Waals surface area contributed by atoms with Gasteiger partial charge in [-0.2, -0.15) is 0 Å². The number of hydrogen-bond donors (Lipinski definition) is 1. The zero-order valence-corrected chi connectivity index (χ0v) is 12.7. The molecule has 1 N–H and O–H groups in total. The second-order valence-corrected chi connectivity index (χ2v) is 8.44. The lowest BCUT2D eigenvalue weighted by molar-refractivity contribution is -0.0723. The highest BCUT2D eigenvalue weighted by molar-refractivity contribution is 7.09. The van der Waals surface area contributed by atoms with Gasteiger partial charge in [0.25, 0.3) is 0 Å². The molecular weight excluding hydrogens is 250 g/mol. The van der Waals surface area contributed by atoms with Crippen LogP contribution in [0.15, 0.2) is 17.5 Å². The molecule has 4 aliphatic rings. The first kappa shape index (κ1) is 12.4. The van der Waals surface area contributed by atoms with E-state index in [4.69, 9.17) is 0 Å². The van der Waals surface area contributed by atoms with E-state index < -0.39 is 0 Å². The quantitative estimate of drug-likeness (QED) is 0.872. The van der Waals surface area contributed by atoms with Crippen LogP contribution in [0.25, 0.3) is 0 Å². The molecule has 0 saturated heterocycles. The third kappa shape index (κ3) is 2.08. The molecule has 19 heavy (non-hydrogen) atoms. The van der Waals surface area contributed by atoms with Crippen molar-refractivity contribution in [3.05, 3.63) is 22.4 Å². The molecule has 0 amide bonds. The van der Waals surface area contributed by atoms with Crippen LogP contribution in [0, 0.1) is 23.2 Å². The highest BCUT2D eigenvalue weighted by Crippen LogP contribution is 2.61. The third-order valence-corrected chi connectivity index (χ3v) is 7.06. The van der Waals surface area contributed by atoms with Crippen molar-refractivity contribution in [3.8, 4) is 0 Å².